The van der Waals surface area contributed by atoms with Crippen LogP contribution < -0.4 is 4.74 Å². The molecule has 1 aromatic heterocycles. The highest BCUT2D eigenvalue weighted by atomic mass is 19.1. The van der Waals surface area contributed by atoms with Crippen molar-refractivity contribution in [2.24, 2.45) is 0 Å². The van der Waals surface area contributed by atoms with Crippen LogP contribution in [0.2, 0.25) is 0 Å². The molecule has 0 saturated heterocycles. The van der Waals surface area contributed by atoms with E-state index in [1.54, 1.807) is 0 Å². The first-order valence-electron chi connectivity index (χ1n) is 5.02. The van der Waals surface area contributed by atoms with Gasteiger partial charge < -0.3 is 4.74 Å². The standard InChI is InChI=1S/C13H9FN2O/c14-12-6-11(7-15)13(16-8-12)17-9-10-4-2-1-3-5-10/h1-6,8H,9H2. The maximum absolute atomic E-state index is 12.8. The summed E-state index contributed by atoms with van der Waals surface area (Å²) >= 11 is 0. The van der Waals surface area contributed by atoms with E-state index in [2.05, 4.69) is 4.98 Å². The molecule has 0 N–H and O–H groups in total. The topological polar surface area (TPSA) is 45.9 Å². The molecule has 0 aliphatic carbocycles. The highest BCUT2D eigenvalue weighted by Crippen LogP contribution is 2.16. The molecule has 1 aromatic carbocycles. The highest BCUT2D eigenvalue weighted by Gasteiger charge is 2.06. The number of nitriles is 1. The highest BCUT2D eigenvalue weighted by molar-refractivity contribution is 5.37. The quantitative estimate of drug-likeness (QED) is 0.811. The molecule has 2 aromatic rings. The number of halogens is 1. The summed E-state index contributed by atoms with van der Waals surface area (Å²) in [6, 6.07) is 12.4. The summed E-state index contributed by atoms with van der Waals surface area (Å²) in [6.45, 7) is 0.300. The molecule has 17 heavy (non-hydrogen) atoms. The maximum Gasteiger partial charge on any atom is 0.232 e. The van der Waals surface area contributed by atoms with Crippen LogP contribution in [0.5, 0.6) is 5.88 Å². The first-order valence-corrected chi connectivity index (χ1v) is 5.02. The Kier molecular flexibility index (Phi) is 3.31. The van der Waals surface area contributed by atoms with E-state index < -0.39 is 5.82 Å². The fraction of sp³-hybridized carbons (Fsp3) is 0.0769. The normalized spacial score (nSPS) is 9.65. The lowest BCUT2D eigenvalue weighted by molar-refractivity contribution is 0.292. The first-order chi connectivity index (χ1) is 8.29. The van der Waals surface area contributed by atoms with Crippen molar-refractivity contribution in [2.75, 3.05) is 0 Å². The lowest BCUT2D eigenvalue weighted by atomic mass is 10.2. The van der Waals surface area contributed by atoms with Gasteiger partial charge in [0.2, 0.25) is 5.88 Å². The number of rotatable bonds is 3. The molecule has 0 bridgehead atoms. The second-order valence-corrected chi connectivity index (χ2v) is 3.39. The van der Waals surface area contributed by atoms with Gasteiger partial charge in [-0.25, -0.2) is 9.37 Å². The molecule has 0 fully saturated rings. The zero-order valence-corrected chi connectivity index (χ0v) is 8.93. The Labute approximate surface area is 98.1 Å². The van der Waals surface area contributed by atoms with Crippen LogP contribution in [0, 0.1) is 17.1 Å². The zero-order chi connectivity index (χ0) is 12.1. The van der Waals surface area contributed by atoms with E-state index in [9.17, 15) is 4.39 Å². The monoisotopic (exact) mass is 228 g/mol. The summed E-state index contributed by atoms with van der Waals surface area (Å²) in [5, 5.41) is 8.80. The molecule has 1 heterocycles. The second-order valence-electron chi connectivity index (χ2n) is 3.39. The predicted octanol–water partition coefficient (Wildman–Crippen LogP) is 2.67. The minimum absolute atomic E-state index is 0.0981. The molecular weight excluding hydrogens is 219 g/mol. The van der Waals surface area contributed by atoms with Gasteiger partial charge in [0.25, 0.3) is 0 Å². The third-order valence-corrected chi connectivity index (χ3v) is 2.16. The molecule has 0 aliphatic heterocycles. The van der Waals surface area contributed by atoms with Gasteiger partial charge in [0.15, 0.2) is 0 Å². The number of hydrogen-bond acceptors (Lipinski definition) is 3. The number of aromatic nitrogens is 1. The number of ether oxygens (including phenoxy) is 1. The van der Waals surface area contributed by atoms with Crippen molar-refractivity contribution >= 4 is 0 Å². The van der Waals surface area contributed by atoms with Gasteiger partial charge in [-0.2, -0.15) is 5.26 Å². The SMILES string of the molecule is N#Cc1cc(F)cnc1OCc1ccccc1. The smallest absolute Gasteiger partial charge is 0.232 e. The molecule has 0 spiro atoms. The Morgan fingerprint density at radius 3 is 2.76 bits per heavy atom. The summed E-state index contributed by atoms with van der Waals surface area (Å²) in [5.74, 6) is -0.397. The fourth-order valence-electron chi connectivity index (χ4n) is 1.35. The van der Waals surface area contributed by atoms with E-state index in [4.69, 9.17) is 10.00 Å². The largest absolute Gasteiger partial charge is 0.472 e. The van der Waals surface area contributed by atoms with Gasteiger partial charge in [-0.15, -0.1) is 0 Å². The Hall–Kier alpha value is -2.41. The molecule has 84 valence electrons. The number of benzene rings is 1. The third-order valence-electron chi connectivity index (χ3n) is 2.16. The minimum Gasteiger partial charge on any atom is -0.472 e. The molecule has 0 saturated carbocycles. The summed E-state index contributed by atoms with van der Waals surface area (Å²) in [6.07, 6.45) is 1.03. The van der Waals surface area contributed by atoms with Crippen molar-refractivity contribution in [3.05, 3.63) is 59.5 Å². The van der Waals surface area contributed by atoms with Gasteiger partial charge in [0, 0.05) is 0 Å². The Balaban J connectivity index is 2.12. The minimum atomic E-state index is -0.548. The van der Waals surface area contributed by atoms with Crippen LogP contribution in [0.3, 0.4) is 0 Å². The van der Waals surface area contributed by atoms with Crippen LogP contribution in [0.4, 0.5) is 4.39 Å². The lowest BCUT2D eigenvalue weighted by Gasteiger charge is -2.06. The molecule has 0 atom stereocenters. The van der Waals surface area contributed by atoms with Crippen molar-refractivity contribution in [1.82, 2.24) is 4.98 Å². The van der Waals surface area contributed by atoms with Gasteiger partial charge in [-0.1, -0.05) is 30.3 Å². The van der Waals surface area contributed by atoms with E-state index >= 15 is 0 Å². The summed E-state index contributed by atoms with van der Waals surface area (Å²) in [7, 11) is 0. The summed E-state index contributed by atoms with van der Waals surface area (Å²) in [4.78, 5) is 3.74. The van der Waals surface area contributed by atoms with Gasteiger partial charge in [-0.3, -0.25) is 0 Å². The second kappa shape index (κ2) is 5.08. The fourth-order valence-corrected chi connectivity index (χ4v) is 1.35. The van der Waals surface area contributed by atoms with Gasteiger partial charge in [-0.05, 0) is 11.6 Å². The van der Waals surface area contributed by atoms with E-state index in [-0.39, 0.29) is 11.4 Å². The molecular formula is C13H9FN2O. The van der Waals surface area contributed by atoms with Crippen LogP contribution in [0.1, 0.15) is 11.1 Å². The number of pyridine rings is 1. The number of nitrogens with zero attached hydrogens (tertiary/aromatic N) is 2. The molecule has 0 unspecified atom stereocenters. The van der Waals surface area contributed by atoms with Crippen molar-refractivity contribution in [2.45, 2.75) is 6.61 Å². The summed E-state index contributed by atoms with van der Waals surface area (Å²) in [5.41, 5.74) is 1.06. The van der Waals surface area contributed by atoms with E-state index in [0.29, 0.717) is 6.61 Å². The number of hydrogen-bond donors (Lipinski definition) is 0. The molecule has 2 rings (SSSR count). The average Bonchev–Trinajstić information content (AvgIpc) is 2.38. The van der Waals surface area contributed by atoms with Gasteiger partial charge in [0.05, 0.1) is 6.20 Å². The average molecular weight is 228 g/mol. The molecule has 0 radical (unpaired) electrons. The van der Waals surface area contributed by atoms with Crippen LogP contribution in [-0.4, -0.2) is 4.98 Å². The first kappa shape index (κ1) is 11.1. The lowest BCUT2D eigenvalue weighted by Crippen LogP contribution is -1.99. The Morgan fingerprint density at radius 1 is 1.29 bits per heavy atom. The Morgan fingerprint density at radius 2 is 2.06 bits per heavy atom. The zero-order valence-electron chi connectivity index (χ0n) is 8.93. The van der Waals surface area contributed by atoms with Gasteiger partial charge >= 0.3 is 0 Å². The van der Waals surface area contributed by atoms with Crippen LogP contribution in [0.15, 0.2) is 42.6 Å². The van der Waals surface area contributed by atoms with Crippen LogP contribution in [-0.2, 0) is 6.61 Å². The van der Waals surface area contributed by atoms with Crippen molar-refractivity contribution in [1.29, 1.82) is 5.26 Å². The molecule has 0 aliphatic rings. The molecule has 0 amide bonds. The van der Waals surface area contributed by atoms with E-state index in [1.165, 1.54) is 0 Å². The van der Waals surface area contributed by atoms with Crippen LogP contribution >= 0.6 is 0 Å². The molecule has 3 nitrogen and oxygen atoms in total. The van der Waals surface area contributed by atoms with Crippen molar-refractivity contribution in [3.63, 3.8) is 0 Å². The van der Waals surface area contributed by atoms with Crippen LogP contribution in [0.25, 0.3) is 0 Å². The van der Waals surface area contributed by atoms with Gasteiger partial charge in [0.1, 0.15) is 24.1 Å². The summed E-state index contributed by atoms with van der Waals surface area (Å²) < 4.78 is 18.2. The maximum atomic E-state index is 12.8. The van der Waals surface area contributed by atoms with E-state index in [0.717, 1.165) is 17.8 Å². The Bertz CT molecular complexity index is 549. The van der Waals surface area contributed by atoms with Crippen molar-refractivity contribution in [3.8, 4) is 11.9 Å². The molecule has 4 heteroatoms. The van der Waals surface area contributed by atoms with Crippen molar-refractivity contribution < 1.29 is 9.13 Å². The third kappa shape index (κ3) is 2.79. The van der Waals surface area contributed by atoms with E-state index in [1.807, 2.05) is 36.4 Å². The predicted molar refractivity (Wildman–Crippen MR) is 59.7 cm³/mol.